The number of piperazine rings is 1. The largest absolute Gasteiger partial charge is 0.369 e. The molecular weight excluding hydrogens is 340 g/mol. The number of halogens is 1. The van der Waals surface area contributed by atoms with Crippen LogP contribution in [-0.2, 0) is 9.59 Å². The topological polar surface area (TPSA) is 71.1 Å². The van der Waals surface area contributed by atoms with E-state index >= 15 is 0 Å². The SMILES string of the molecule is NC(=O)[C@H]1CCCN(C(=O)C[NH+]2CCN(c3ccccc3Cl)CC2)C1. The molecule has 2 fully saturated rings. The second-order valence-corrected chi connectivity index (χ2v) is 7.35. The van der Waals surface area contributed by atoms with E-state index in [4.69, 9.17) is 17.3 Å². The third-order valence-corrected chi connectivity index (χ3v) is 5.56. The molecule has 0 saturated carbocycles. The third-order valence-electron chi connectivity index (χ3n) is 5.24. The van der Waals surface area contributed by atoms with Crippen LogP contribution in [0.3, 0.4) is 0 Å². The van der Waals surface area contributed by atoms with Crippen LogP contribution in [0.15, 0.2) is 24.3 Å². The summed E-state index contributed by atoms with van der Waals surface area (Å²) in [6, 6.07) is 7.88. The van der Waals surface area contributed by atoms with Crippen LogP contribution in [0, 0.1) is 5.92 Å². The number of primary amides is 1. The van der Waals surface area contributed by atoms with Gasteiger partial charge >= 0.3 is 0 Å². The van der Waals surface area contributed by atoms with Gasteiger partial charge in [0.25, 0.3) is 5.91 Å². The number of nitrogens with one attached hydrogen (secondary N) is 1. The molecule has 2 aliphatic heterocycles. The number of carbonyl (C=O) groups excluding carboxylic acids is 2. The van der Waals surface area contributed by atoms with Crippen molar-refractivity contribution in [2.75, 3.05) is 50.7 Å². The molecule has 6 nitrogen and oxygen atoms in total. The highest BCUT2D eigenvalue weighted by Crippen LogP contribution is 2.24. The summed E-state index contributed by atoms with van der Waals surface area (Å²) in [5, 5.41) is 0.771. The van der Waals surface area contributed by atoms with E-state index in [0.29, 0.717) is 13.1 Å². The predicted octanol–water partition coefficient (Wildman–Crippen LogP) is -0.231. The third kappa shape index (κ3) is 4.44. The number of para-hydroxylation sites is 1. The summed E-state index contributed by atoms with van der Waals surface area (Å²) in [5.74, 6) is -0.352. The maximum atomic E-state index is 12.6. The Balaban J connectivity index is 1.49. The minimum absolute atomic E-state index is 0.132. The van der Waals surface area contributed by atoms with Crippen molar-refractivity contribution in [3.63, 3.8) is 0 Å². The molecular formula is C18H26ClN4O2+. The van der Waals surface area contributed by atoms with Gasteiger partial charge in [0.05, 0.1) is 42.8 Å². The fourth-order valence-electron chi connectivity index (χ4n) is 3.71. The van der Waals surface area contributed by atoms with Gasteiger partial charge in [0.15, 0.2) is 6.54 Å². The maximum Gasteiger partial charge on any atom is 0.277 e. The zero-order valence-electron chi connectivity index (χ0n) is 14.4. The number of hydrogen-bond donors (Lipinski definition) is 2. The Bertz CT molecular complexity index is 631. The van der Waals surface area contributed by atoms with E-state index < -0.39 is 0 Å². The molecule has 2 saturated heterocycles. The number of quaternary nitrogens is 1. The Hall–Kier alpha value is -1.79. The smallest absolute Gasteiger partial charge is 0.277 e. The van der Waals surface area contributed by atoms with Gasteiger partial charge in [-0.1, -0.05) is 23.7 Å². The summed E-state index contributed by atoms with van der Waals surface area (Å²) in [6.07, 6.45) is 1.65. The predicted molar refractivity (Wildman–Crippen MR) is 97.7 cm³/mol. The Morgan fingerprint density at radius 3 is 2.60 bits per heavy atom. The van der Waals surface area contributed by atoms with Gasteiger partial charge in [-0.3, -0.25) is 9.59 Å². The summed E-state index contributed by atoms with van der Waals surface area (Å²) in [5.41, 5.74) is 6.46. The number of benzene rings is 1. The number of piperidine rings is 1. The first-order chi connectivity index (χ1) is 12.0. The van der Waals surface area contributed by atoms with Crippen LogP contribution < -0.4 is 15.5 Å². The highest BCUT2D eigenvalue weighted by atomic mass is 35.5. The molecule has 25 heavy (non-hydrogen) atoms. The molecule has 7 heteroatoms. The van der Waals surface area contributed by atoms with Crippen molar-refractivity contribution in [2.24, 2.45) is 11.7 Å². The van der Waals surface area contributed by atoms with Crippen molar-refractivity contribution in [1.82, 2.24) is 4.90 Å². The van der Waals surface area contributed by atoms with E-state index in [1.54, 1.807) is 0 Å². The fourth-order valence-corrected chi connectivity index (χ4v) is 3.97. The lowest BCUT2D eigenvalue weighted by Crippen LogP contribution is -3.16. The molecule has 2 heterocycles. The maximum absolute atomic E-state index is 12.6. The van der Waals surface area contributed by atoms with Gasteiger partial charge in [0, 0.05) is 13.1 Å². The van der Waals surface area contributed by atoms with Crippen molar-refractivity contribution in [1.29, 1.82) is 0 Å². The number of rotatable bonds is 4. The Morgan fingerprint density at radius 1 is 1.20 bits per heavy atom. The van der Waals surface area contributed by atoms with E-state index in [9.17, 15) is 9.59 Å². The monoisotopic (exact) mass is 365 g/mol. The van der Waals surface area contributed by atoms with Gasteiger partial charge in [0.1, 0.15) is 0 Å². The fraction of sp³-hybridized carbons (Fsp3) is 0.556. The van der Waals surface area contributed by atoms with Crippen molar-refractivity contribution < 1.29 is 14.5 Å². The summed E-state index contributed by atoms with van der Waals surface area (Å²) in [4.78, 5) is 29.3. The van der Waals surface area contributed by atoms with E-state index in [2.05, 4.69) is 4.90 Å². The second-order valence-electron chi connectivity index (χ2n) is 6.95. The molecule has 3 N–H and O–H groups in total. The Labute approximate surface area is 153 Å². The van der Waals surface area contributed by atoms with Crippen LogP contribution in [-0.4, -0.2) is 62.5 Å². The summed E-state index contributed by atoms with van der Waals surface area (Å²) >= 11 is 6.27. The van der Waals surface area contributed by atoms with Gasteiger partial charge in [-0.05, 0) is 25.0 Å². The molecule has 0 unspecified atom stereocenters. The molecule has 2 aliphatic rings. The zero-order valence-corrected chi connectivity index (χ0v) is 15.2. The zero-order chi connectivity index (χ0) is 17.8. The van der Waals surface area contributed by atoms with Crippen molar-refractivity contribution in [2.45, 2.75) is 12.8 Å². The van der Waals surface area contributed by atoms with E-state index in [1.165, 1.54) is 4.90 Å². The van der Waals surface area contributed by atoms with Crippen LogP contribution in [0.25, 0.3) is 0 Å². The van der Waals surface area contributed by atoms with Crippen LogP contribution in [0.4, 0.5) is 5.69 Å². The number of nitrogens with zero attached hydrogens (tertiary/aromatic N) is 2. The molecule has 1 atom stereocenters. The quantitative estimate of drug-likeness (QED) is 0.774. The van der Waals surface area contributed by atoms with E-state index in [-0.39, 0.29) is 17.7 Å². The minimum atomic E-state index is -0.293. The van der Waals surface area contributed by atoms with Crippen molar-refractivity contribution >= 4 is 29.1 Å². The molecule has 2 amide bonds. The lowest BCUT2D eigenvalue weighted by Gasteiger charge is -2.36. The van der Waals surface area contributed by atoms with Gasteiger partial charge in [-0.15, -0.1) is 0 Å². The Kier molecular flexibility index (Phi) is 5.81. The normalized spacial score (nSPS) is 22.0. The lowest BCUT2D eigenvalue weighted by molar-refractivity contribution is -0.892. The van der Waals surface area contributed by atoms with Gasteiger partial charge in [-0.25, -0.2) is 0 Å². The standard InChI is InChI=1S/C18H25ClN4O2/c19-15-5-1-2-6-16(15)22-10-8-21(9-11-22)13-17(24)23-7-3-4-14(12-23)18(20)25/h1-2,5-6,14H,3-4,7-13H2,(H2,20,25)/p+1/t14-/m0/s1. The van der Waals surface area contributed by atoms with E-state index in [0.717, 1.165) is 56.3 Å². The molecule has 0 spiro atoms. The highest BCUT2D eigenvalue weighted by Gasteiger charge is 2.30. The molecule has 1 aromatic carbocycles. The van der Waals surface area contributed by atoms with Crippen molar-refractivity contribution in [3.05, 3.63) is 29.3 Å². The molecule has 0 aromatic heterocycles. The molecule has 3 rings (SSSR count). The van der Waals surface area contributed by atoms with Gasteiger partial charge < -0.3 is 20.4 Å². The van der Waals surface area contributed by atoms with Gasteiger partial charge in [-0.2, -0.15) is 0 Å². The number of carbonyl (C=O) groups is 2. The van der Waals surface area contributed by atoms with Crippen LogP contribution >= 0.6 is 11.6 Å². The number of hydrogen-bond acceptors (Lipinski definition) is 3. The first-order valence-corrected chi connectivity index (χ1v) is 9.32. The van der Waals surface area contributed by atoms with Crippen LogP contribution in [0.5, 0.6) is 0 Å². The molecule has 1 aromatic rings. The summed E-state index contributed by atoms with van der Waals surface area (Å²) in [7, 11) is 0. The molecule has 0 bridgehead atoms. The number of nitrogens with two attached hydrogens (primary N) is 1. The lowest BCUT2D eigenvalue weighted by atomic mass is 9.97. The average Bonchev–Trinajstić information content (AvgIpc) is 2.63. The average molecular weight is 366 g/mol. The molecule has 0 aliphatic carbocycles. The number of anilines is 1. The number of likely N-dealkylation sites (tertiary alicyclic amines) is 1. The number of amides is 2. The second kappa shape index (κ2) is 8.06. The van der Waals surface area contributed by atoms with Crippen LogP contribution in [0.1, 0.15) is 12.8 Å². The van der Waals surface area contributed by atoms with Gasteiger partial charge in [0.2, 0.25) is 5.91 Å². The van der Waals surface area contributed by atoms with Crippen molar-refractivity contribution in [3.8, 4) is 0 Å². The molecule has 136 valence electrons. The minimum Gasteiger partial charge on any atom is -0.369 e. The summed E-state index contributed by atoms with van der Waals surface area (Å²) < 4.78 is 0. The molecule has 0 radical (unpaired) electrons. The highest BCUT2D eigenvalue weighted by molar-refractivity contribution is 6.33. The summed E-state index contributed by atoms with van der Waals surface area (Å²) in [6.45, 7) is 5.29. The Morgan fingerprint density at radius 2 is 1.92 bits per heavy atom. The first kappa shape index (κ1) is 18.0. The first-order valence-electron chi connectivity index (χ1n) is 8.94. The van der Waals surface area contributed by atoms with Crippen LogP contribution in [0.2, 0.25) is 5.02 Å². The van der Waals surface area contributed by atoms with E-state index in [1.807, 2.05) is 29.2 Å².